The number of rotatable bonds is 1. The van der Waals surface area contributed by atoms with Gasteiger partial charge in [-0.05, 0) is 22.0 Å². The van der Waals surface area contributed by atoms with Crippen molar-refractivity contribution in [1.82, 2.24) is 0 Å². The highest BCUT2D eigenvalue weighted by Crippen LogP contribution is 2.34. The van der Waals surface area contributed by atoms with Gasteiger partial charge in [0.1, 0.15) is 5.82 Å². The van der Waals surface area contributed by atoms with E-state index < -0.39 is 11.6 Å². The third kappa shape index (κ3) is 2.18. The lowest BCUT2D eigenvalue weighted by Crippen LogP contribution is -2.26. The molecule has 1 unspecified atom stereocenters. The van der Waals surface area contributed by atoms with Gasteiger partial charge in [-0.1, -0.05) is 0 Å². The molecule has 1 saturated heterocycles. The molecular weight excluding hydrogens is 292 g/mol. The Morgan fingerprint density at radius 3 is 2.71 bits per heavy atom. The Balaban J connectivity index is 2.42. The van der Waals surface area contributed by atoms with Gasteiger partial charge in [0.15, 0.2) is 5.82 Å². The molecule has 0 aliphatic carbocycles. The van der Waals surface area contributed by atoms with Crippen molar-refractivity contribution < 1.29 is 13.6 Å². The maximum Gasteiger partial charge on any atom is 0.228 e. The van der Waals surface area contributed by atoms with Crippen LogP contribution in [-0.2, 0) is 4.79 Å². The number of hydrogen-bond acceptors (Lipinski definition) is 1. The topological polar surface area (TPSA) is 20.3 Å². The summed E-state index contributed by atoms with van der Waals surface area (Å²) >= 11 is 3.05. The van der Waals surface area contributed by atoms with Gasteiger partial charge in [0, 0.05) is 29.4 Å². The zero-order valence-electron chi connectivity index (χ0n) is 8.71. The van der Waals surface area contributed by atoms with Crippen LogP contribution in [0.15, 0.2) is 16.6 Å². The van der Waals surface area contributed by atoms with Gasteiger partial charge < -0.3 is 4.90 Å². The molecule has 2 rings (SSSR count). The molecule has 1 heterocycles. The number of anilines is 1. The Morgan fingerprint density at radius 2 is 2.18 bits per heavy atom. The molecule has 0 bridgehead atoms. The summed E-state index contributed by atoms with van der Waals surface area (Å²) in [5.41, 5.74) is 0.0501. The second kappa shape index (κ2) is 4.46. The number of terminal acetylenes is 1. The fourth-order valence-electron chi connectivity index (χ4n) is 1.83. The van der Waals surface area contributed by atoms with Crippen molar-refractivity contribution >= 4 is 27.5 Å². The van der Waals surface area contributed by atoms with Crippen LogP contribution >= 0.6 is 15.9 Å². The first-order valence-corrected chi connectivity index (χ1v) is 5.73. The predicted octanol–water partition coefficient (Wildman–Crippen LogP) is 2.71. The lowest BCUT2D eigenvalue weighted by atomic mass is 10.1. The molecule has 1 aromatic rings. The van der Waals surface area contributed by atoms with E-state index in [1.165, 1.54) is 4.90 Å². The van der Waals surface area contributed by atoms with Crippen LogP contribution in [0.5, 0.6) is 0 Å². The van der Waals surface area contributed by atoms with Gasteiger partial charge in [-0.25, -0.2) is 8.78 Å². The molecule has 0 N–H and O–H groups in total. The maximum absolute atomic E-state index is 13.7. The summed E-state index contributed by atoms with van der Waals surface area (Å²) in [5, 5.41) is 0. The quantitative estimate of drug-likeness (QED) is 0.730. The van der Waals surface area contributed by atoms with Crippen molar-refractivity contribution in [3.63, 3.8) is 0 Å². The number of amides is 1. The Kier molecular flexibility index (Phi) is 3.16. The minimum atomic E-state index is -0.775. The fraction of sp³-hybridized carbons (Fsp3) is 0.250. The van der Waals surface area contributed by atoms with E-state index in [2.05, 4.69) is 21.9 Å². The van der Waals surface area contributed by atoms with Crippen LogP contribution in [0.4, 0.5) is 14.5 Å². The summed E-state index contributed by atoms with van der Waals surface area (Å²) in [4.78, 5) is 12.9. The first kappa shape index (κ1) is 12.1. The van der Waals surface area contributed by atoms with E-state index >= 15 is 0 Å². The zero-order chi connectivity index (χ0) is 12.6. The number of carbonyl (C=O) groups is 1. The van der Waals surface area contributed by atoms with Crippen LogP contribution in [0.25, 0.3) is 0 Å². The van der Waals surface area contributed by atoms with Crippen LogP contribution in [0.3, 0.4) is 0 Å². The summed E-state index contributed by atoms with van der Waals surface area (Å²) in [7, 11) is 0. The van der Waals surface area contributed by atoms with Gasteiger partial charge in [0.25, 0.3) is 0 Å². The molecule has 0 saturated carbocycles. The Morgan fingerprint density at radius 1 is 1.47 bits per heavy atom. The number of carbonyl (C=O) groups excluding carboxylic acids is 1. The summed E-state index contributed by atoms with van der Waals surface area (Å²) in [6.07, 6.45) is 5.44. The van der Waals surface area contributed by atoms with E-state index in [9.17, 15) is 13.6 Å². The fourth-order valence-corrected chi connectivity index (χ4v) is 2.45. The molecule has 0 radical (unpaired) electrons. The zero-order valence-corrected chi connectivity index (χ0v) is 10.3. The average molecular weight is 300 g/mol. The minimum Gasteiger partial charge on any atom is -0.307 e. The molecule has 1 amide bonds. The number of benzene rings is 1. The van der Waals surface area contributed by atoms with Crippen LogP contribution in [0.2, 0.25) is 0 Å². The summed E-state index contributed by atoms with van der Waals surface area (Å²) in [5.74, 6) is 0.525. The molecule has 1 aliphatic rings. The molecule has 1 aromatic carbocycles. The molecule has 88 valence electrons. The molecule has 1 aliphatic heterocycles. The maximum atomic E-state index is 13.7. The minimum absolute atomic E-state index is 0.0501. The van der Waals surface area contributed by atoms with Gasteiger partial charge in [-0.3, -0.25) is 4.79 Å². The van der Waals surface area contributed by atoms with Crippen LogP contribution in [0.1, 0.15) is 6.42 Å². The smallest absolute Gasteiger partial charge is 0.228 e. The first-order chi connectivity index (χ1) is 8.02. The van der Waals surface area contributed by atoms with Crippen molar-refractivity contribution in [2.75, 3.05) is 11.4 Å². The van der Waals surface area contributed by atoms with Crippen LogP contribution in [-0.4, -0.2) is 12.5 Å². The van der Waals surface area contributed by atoms with Crippen molar-refractivity contribution in [2.45, 2.75) is 6.42 Å². The van der Waals surface area contributed by atoms with Gasteiger partial charge in [0.2, 0.25) is 5.91 Å². The highest BCUT2D eigenvalue weighted by atomic mass is 79.9. The number of nitrogens with zero attached hydrogens (tertiary/aromatic N) is 1. The van der Waals surface area contributed by atoms with Crippen molar-refractivity contribution in [3.8, 4) is 12.3 Å². The monoisotopic (exact) mass is 299 g/mol. The predicted molar refractivity (Wildman–Crippen MR) is 63.4 cm³/mol. The Labute approximate surface area is 106 Å². The third-order valence-corrected chi connectivity index (χ3v) is 3.22. The van der Waals surface area contributed by atoms with E-state index in [4.69, 9.17) is 6.42 Å². The van der Waals surface area contributed by atoms with E-state index in [0.29, 0.717) is 0 Å². The Hall–Kier alpha value is -1.41. The molecule has 0 aromatic heterocycles. The largest absolute Gasteiger partial charge is 0.307 e. The normalized spacial score (nSPS) is 19.5. The number of hydrogen-bond donors (Lipinski definition) is 0. The highest BCUT2D eigenvalue weighted by molar-refractivity contribution is 9.10. The van der Waals surface area contributed by atoms with Crippen molar-refractivity contribution in [2.24, 2.45) is 5.92 Å². The molecule has 0 spiro atoms. The first-order valence-electron chi connectivity index (χ1n) is 4.94. The van der Waals surface area contributed by atoms with E-state index in [0.717, 1.165) is 12.1 Å². The Bertz CT molecular complexity index is 501. The molecular formula is C12H8BrF2NO. The summed E-state index contributed by atoms with van der Waals surface area (Å²) < 4.78 is 26.8. The summed E-state index contributed by atoms with van der Waals surface area (Å²) in [6, 6.07) is 1.87. The van der Waals surface area contributed by atoms with Gasteiger partial charge in [-0.15, -0.1) is 12.3 Å². The van der Waals surface area contributed by atoms with Crippen LogP contribution in [0, 0.1) is 29.9 Å². The molecule has 5 heteroatoms. The van der Waals surface area contributed by atoms with Crippen molar-refractivity contribution in [3.05, 3.63) is 28.2 Å². The van der Waals surface area contributed by atoms with E-state index in [1.54, 1.807) is 0 Å². The van der Waals surface area contributed by atoms with E-state index in [1.807, 2.05) is 0 Å². The third-order valence-electron chi connectivity index (χ3n) is 2.61. The summed E-state index contributed by atoms with van der Waals surface area (Å²) in [6.45, 7) is 0.260. The van der Waals surface area contributed by atoms with Crippen LogP contribution < -0.4 is 4.90 Å². The lowest BCUT2D eigenvalue weighted by molar-refractivity contribution is -0.117. The molecule has 17 heavy (non-hydrogen) atoms. The van der Waals surface area contributed by atoms with Gasteiger partial charge in [-0.2, -0.15) is 0 Å². The van der Waals surface area contributed by atoms with Gasteiger partial charge >= 0.3 is 0 Å². The van der Waals surface area contributed by atoms with E-state index in [-0.39, 0.29) is 35.0 Å². The molecule has 2 nitrogen and oxygen atoms in total. The van der Waals surface area contributed by atoms with Gasteiger partial charge in [0.05, 0.1) is 5.69 Å². The SMILES string of the molecule is C#CC1CC(=O)N(c2c(F)cc(F)cc2Br)C1. The van der Waals surface area contributed by atoms with Crippen molar-refractivity contribution in [1.29, 1.82) is 0 Å². The molecule has 1 fully saturated rings. The standard InChI is InChI=1S/C12H8BrF2NO/c1-2-7-3-11(17)16(6-7)12-9(13)4-8(14)5-10(12)15/h1,4-5,7H,3,6H2. The lowest BCUT2D eigenvalue weighted by Gasteiger charge is -2.18. The average Bonchev–Trinajstić information content (AvgIpc) is 2.59. The second-order valence-electron chi connectivity index (χ2n) is 3.79. The number of halogens is 3. The second-order valence-corrected chi connectivity index (χ2v) is 4.64. The molecule has 1 atom stereocenters. The highest BCUT2D eigenvalue weighted by Gasteiger charge is 2.32.